The Kier molecular flexibility index (Phi) is 4.88. The van der Waals surface area contributed by atoms with Gasteiger partial charge in [-0.2, -0.15) is 11.3 Å². The van der Waals surface area contributed by atoms with E-state index in [4.69, 9.17) is 5.73 Å². The lowest BCUT2D eigenvalue weighted by molar-refractivity contribution is 0.250. The van der Waals surface area contributed by atoms with Crippen LogP contribution in [-0.2, 0) is 6.54 Å². The molecule has 18 heavy (non-hydrogen) atoms. The highest BCUT2D eigenvalue weighted by Crippen LogP contribution is 2.31. The molecule has 0 saturated heterocycles. The Morgan fingerprint density at radius 3 is 2.61 bits per heavy atom. The first-order chi connectivity index (χ1) is 8.80. The Labute approximate surface area is 116 Å². The molecule has 0 aliphatic carbocycles. The van der Waals surface area contributed by atoms with Gasteiger partial charge in [-0.3, -0.25) is 4.90 Å². The van der Waals surface area contributed by atoms with Crippen molar-refractivity contribution in [2.75, 3.05) is 13.1 Å². The van der Waals surface area contributed by atoms with E-state index in [2.05, 4.69) is 45.9 Å². The number of nitrogens with two attached hydrogens (primary N) is 1. The van der Waals surface area contributed by atoms with E-state index in [1.165, 1.54) is 5.56 Å². The number of hydrogen-bond donors (Lipinski definition) is 1. The van der Waals surface area contributed by atoms with Crippen molar-refractivity contribution in [1.29, 1.82) is 0 Å². The van der Waals surface area contributed by atoms with Gasteiger partial charge in [0, 0.05) is 11.9 Å². The summed E-state index contributed by atoms with van der Waals surface area (Å²) >= 11 is 3.45. The van der Waals surface area contributed by atoms with Gasteiger partial charge < -0.3 is 5.73 Å². The minimum Gasteiger partial charge on any atom is -0.325 e. The zero-order chi connectivity index (χ0) is 13.0. The fourth-order valence-electron chi connectivity index (χ4n) is 2.07. The van der Waals surface area contributed by atoms with Crippen LogP contribution in [0.2, 0.25) is 0 Å². The zero-order valence-corrected chi connectivity index (χ0v) is 12.4. The number of rotatable bonds is 6. The molecule has 0 radical (unpaired) electrons. The van der Waals surface area contributed by atoms with Crippen LogP contribution >= 0.6 is 22.7 Å². The SMILES string of the molecule is CCN(CC)C(c1ccsc1)c1nc(CN)cs1. The summed E-state index contributed by atoms with van der Waals surface area (Å²) in [6.45, 7) is 6.95. The lowest BCUT2D eigenvalue weighted by Gasteiger charge is -2.27. The van der Waals surface area contributed by atoms with Crippen LogP contribution in [0.15, 0.2) is 22.2 Å². The molecule has 98 valence electrons. The molecule has 0 aliphatic rings. The Bertz CT molecular complexity index is 460. The predicted octanol–water partition coefficient (Wildman–Crippen LogP) is 3.09. The molecule has 0 bridgehead atoms. The molecule has 2 rings (SSSR count). The predicted molar refractivity (Wildman–Crippen MR) is 79.1 cm³/mol. The average Bonchev–Trinajstić information content (AvgIpc) is 3.07. The number of aromatic nitrogens is 1. The lowest BCUT2D eigenvalue weighted by atomic mass is 10.1. The number of thiophene rings is 1. The molecular weight excluding hydrogens is 262 g/mol. The fourth-order valence-corrected chi connectivity index (χ4v) is 3.74. The first-order valence-corrected chi connectivity index (χ1v) is 8.02. The number of hydrogen-bond acceptors (Lipinski definition) is 5. The standard InChI is InChI=1S/C13H19N3S2/c1-3-16(4-2)12(10-5-6-17-8-10)13-15-11(7-14)9-18-13/h5-6,8-9,12H,3-4,7,14H2,1-2H3. The molecule has 0 amide bonds. The van der Waals surface area contributed by atoms with Gasteiger partial charge in [0.25, 0.3) is 0 Å². The zero-order valence-electron chi connectivity index (χ0n) is 10.8. The van der Waals surface area contributed by atoms with Crippen LogP contribution in [0.25, 0.3) is 0 Å². The number of nitrogens with zero attached hydrogens (tertiary/aromatic N) is 2. The van der Waals surface area contributed by atoms with Crippen LogP contribution in [0, 0.1) is 0 Å². The van der Waals surface area contributed by atoms with E-state index < -0.39 is 0 Å². The normalized spacial score (nSPS) is 13.1. The van der Waals surface area contributed by atoms with Crippen molar-refractivity contribution in [1.82, 2.24) is 9.88 Å². The van der Waals surface area contributed by atoms with Crippen LogP contribution in [0.5, 0.6) is 0 Å². The summed E-state index contributed by atoms with van der Waals surface area (Å²) in [6.07, 6.45) is 0. The maximum atomic E-state index is 5.66. The molecule has 0 aliphatic heterocycles. The first kappa shape index (κ1) is 13.7. The Morgan fingerprint density at radius 1 is 1.33 bits per heavy atom. The van der Waals surface area contributed by atoms with E-state index in [9.17, 15) is 0 Å². The third kappa shape index (κ3) is 2.80. The van der Waals surface area contributed by atoms with E-state index in [1.807, 2.05) is 0 Å². The molecular formula is C13H19N3S2. The molecule has 5 heteroatoms. The van der Waals surface area contributed by atoms with Crippen LogP contribution in [-0.4, -0.2) is 23.0 Å². The van der Waals surface area contributed by atoms with Crippen molar-refractivity contribution in [2.45, 2.75) is 26.4 Å². The van der Waals surface area contributed by atoms with Crippen LogP contribution < -0.4 is 5.73 Å². The van der Waals surface area contributed by atoms with Gasteiger partial charge in [0.15, 0.2) is 0 Å². The van der Waals surface area contributed by atoms with Crippen molar-refractivity contribution < 1.29 is 0 Å². The van der Waals surface area contributed by atoms with Gasteiger partial charge in [0.05, 0.1) is 11.7 Å². The summed E-state index contributed by atoms with van der Waals surface area (Å²) < 4.78 is 0. The Morgan fingerprint density at radius 2 is 2.11 bits per heavy atom. The highest BCUT2D eigenvalue weighted by molar-refractivity contribution is 7.10. The van der Waals surface area contributed by atoms with Gasteiger partial charge >= 0.3 is 0 Å². The monoisotopic (exact) mass is 281 g/mol. The molecule has 2 N–H and O–H groups in total. The second kappa shape index (κ2) is 6.43. The molecule has 0 fully saturated rings. The molecule has 2 aromatic heterocycles. The van der Waals surface area contributed by atoms with E-state index in [1.54, 1.807) is 22.7 Å². The van der Waals surface area contributed by atoms with Crippen molar-refractivity contribution in [3.05, 3.63) is 38.5 Å². The summed E-state index contributed by atoms with van der Waals surface area (Å²) in [5.41, 5.74) is 7.98. The topological polar surface area (TPSA) is 42.2 Å². The minimum absolute atomic E-state index is 0.275. The van der Waals surface area contributed by atoms with E-state index in [0.29, 0.717) is 6.54 Å². The molecule has 1 unspecified atom stereocenters. The largest absolute Gasteiger partial charge is 0.325 e. The van der Waals surface area contributed by atoms with Gasteiger partial charge in [-0.05, 0) is 35.5 Å². The lowest BCUT2D eigenvalue weighted by Crippen LogP contribution is -2.29. The molecule has 0 spiro atoms. The third-order valence-electron chi connectivity index (χ3n) is 3.05. The highest BCUT2D eigenvalue weighted by atomic mass is 32.1. The van der Waals surface area contributed by atoms with Crippen molar-refractivity contribution >= 4 is 22.7 Å². The van der Waals surface area contributed by atoms with Gasteiger partial charge in [-0.25, -0.2) is 4.98 Å². The van der Waals surface area contributed by atoms with Crippen LogP contribution in [0.1, 0.15) is 36.2 Å². The van der Waals surface area contributed by atoms with Crippen LogP contribution in [0.3, 0.4) is 0 Å². The van der Waals surface area contributed by atoms with Gasteiger partial charge in [0.2, 0.25) is 0 Å². The summed E-state index contributed by atoms with van der Waals surface area (Å²) in [5, 5.41) is 7.56. The Balaban J connectivity index is 2.35. The van der Waals surface area contributed by atoms with E-state index in [0.717, 1.165) is 23.8 Å². The summed E-state index contributed by atoms with van der Waals surface area (Å²) in [5.74, 6) is 0. The minimum atomic E-state index is 0.275. The second-order valence-corrected chi connectivity index (χ2v) is 5.73. The maximum Gasteiger partial charge on any atom is 0.115 e. The molecule has 0 saturated carbocycles. The molecule has 3 nitrogen and oxygen atoms in total. The first-order valence-electron chi connectivity index (χ1n) is 6.20. The van der Waals surface area contributed by atoms with Crippen LogP contribution in [0.4, 0.5) is 0 Å². The summed E-state index contributed by atoms with van der Waals surface area (Å²) in [6, 6.07) is 2.47. The molecule has 2 aromatic rings. The Hall–Kier alpha value is -0.750. The molecule has 2 heterocycles. The summed E-state index contributed by atoms with van der Waals surface area (Å²) in [4.78, 5) is 7.09. The number of thiazole rings is 1. The fraction of sp³-hybridized carbons (Fsp3) is 0.462. The van der Waals surface area contributed by atoms with Crippen molar-refractivity contribution in [3.8, 4) is 0 Å². The van der Waals surface area contributed by atoms with E-state index in [-0.39, 0.29) is 6.04 Å². The van der Waals surface area contributed by atoms with Crippen molar-refractivity contribution in [2.24, 2.45) is 5.73 Å². The van der Waals surface area contributed by atoms with Gasteiger partial charge in [-0.15, -0.1) is 11.3 Å². The average molecular weight is 281 g/mol. The second-order valence-electron chi connectivity index (χ2n) is 4.06. The van der Waals surface area contributed by atoms with E-state index >= 15 is 0 Å². The maximum absolute atomic E-state index is 5.66. The molecule has 1 atom stereocenters. The smallest absolute Gasteiger partial charge is 0.115 e. The summed E-state index contributed by atoms with van der Waals surface area (Å²) in [7, 11) is 0. The third-order valence-corrected chi connectivity index (χ3v) is 4.70. The molecule has 0 aromatic carbocycles. The van der Waals surface area contributed by atoms with Gasteiger partial charge in [0.1, 0.15) is 5.01 Å². The van der Waals surface area contributed by atoms with Gasteiger partial charge in [-0.1, -0.05) is 13.8 Å². The quantitative estimate of drug-likeness (QED) is 0.884. The highest BCUT2D eigenvalue weighted by Gasteiger charge is 2.23. The van der Waals surface area contributed by atoms with Crippen molar-refractivity contribution in [3.63, 3.8) is 0 Å².